The van der Waals surface area contributed by atoms with E-state index >= 15 is 0 Å². The minimum Gasteiger partial charge on any atom is -0.466 e. The molecule has 1 aliphatic rings. The van der Waals surface area contributed by atoms with Crippen LogP contribution in [0.2, 0.25) is 0 Å². The van der Waals surface area contributed by atoms with Gasteiger partial charge in [0.2, 0.25) is 5.95 Å². The Hall–Kier alpha value is -1.82. The average Bonchev–Trinajstić information content (AvgIpc) is 2.99. The molecule has 0 saturated carbocycles. The second-order valence-corrected chi connectivity index (χ2v) is 6.07. The number of piperidine rings is 1. The van der Waals surface area contributed by atoms with E-state index in [0.717, 1.165) is 53.9 Å². The Morgan fingerprint density at radius 3 is 2.67 bits per heavy atom. The average molecular weight is 289 g/mol. The fourth-order valence-electron chi connectivity index (χ4n) is 2.93. The number of hydrogen-bond donors (Lipinski definition) is 2. The van der Waals surface area contributed by atoms with Gasteiger partial charge in [0.15, 0.2) is 5.82 Å². The summed E-state index contributed by atoms with van der Waals surface area (Å²) in [4.78, 5) is 6.80. The van der Waals surface area contributed by atoms with E-state index < -0.39 is 0 Å². The van der Waals surface area contributed by atoms with Gasteiger partial charge in [0, 0.05) is 24.7 Å². The van der Waals surface area contributed by atoms with Crippen molar-refractivity contribution in [3.8, 4) is 11.4 Å². The Morgan fingerprint density at radius 1 is 1.29 bits per heavy atom. The van der Waals surface area contributed by atoms with Crippen molar-refractivity contribution in [1.29, 1.82) is 0 Å². The number of anilines is 1. The quantitative estimate of drug-likeness (QED) is 0.885. The molecule has 1 aliphatic heterocycles. The number of furan rings is 1. The van der Waals surface area contributed by atoms with Crippen molar-refractivity contribution in [2.45, 2.75) is 40.2 Å². The molecule has 0 radical (unpaired) electrons. The van der Waals surface area contributed by atoms with Gasteiger partial charge in [-0.05, 0) is 33.1 Å². The summed E-state index contributed by atoms with van der Waals surface area (Å²) in [6, 6.07) is 0.181. The second kappa shape index (κ2) is 5.18. The number of aromatic amines is 1. The first-order valence-electron chi connectivity index (χ1n) is 7.47. The van der Waals surface area contributed by atoms with Crippen LogP contribution >= 0.6 is 0 Å². The Balaban J connectivity index is 1.87. The molecule has 2 unspecified atom stereocenters. The number of aromatic nitrogens is 3. The Labute approximate surface area is 124 Å². The van der Waals surface area contributed by atoms with Crippen molar-refractivity contribution in [2.24, 2.45) is 11.7 Å². The molecule has 2 aromatic heterocycles. The standard InChI is InChI=1S/C15H23N5O/c1-8-5-6-20(7-12(8)16)15-17-14(18-19-15)13-9(2)10(3)21-11(13)4/h8,12H,5-7,16H2,1-4H3,(H,17,18,19). The molecule has 21 heavy (non-hydrogen) atoms. The van der Waals surface area contributed by atoms with E-state index in [1.807, 2.05) is 20.8 Å². The Kier molecular flexibility index (Phi) is 3.49. The third kappa shape index (κ3) is 2.44. The van der Waals surface area contributed by atoms with Gasteiger partial charge in [-0.2, -0.15) is 4.98 Å². The van der Waals surface area contributed by atoms with E-state index in [4.69, 9.17) is 10.2 Å². The highest BCUT2D eigenvalue weighted by atomic mass is 16.3. The van der Waals surface area contributed by atoms with Crippen LogP contribution in [-0.2, 0) is 0 Å². The first-order valence-corrected chi connectivity index (χ1v) is 7.47. The van der Waals surface area contributed by atoms with Gasteiger partial charge in [-0.15, -0.1) is 5.10 Å². The summed E-state index contributed by atoms with van der Waals surface area (Å²) in [6.45, 7) is 9.92. The number of aryl methyl sites for hydroxylation is 2. The van der Waals surface area contributed by atoms with Crippen LogP contribution in [0.3, 0.4) is 0 Å². The SMILES string of the molecule is Cc1oc(C)c(-c2nc(N3CCC(C)C(N)C3)n[nH]2)c1C. The molecular weight excluding hydrogens is 266 g/mol. The lowest BCUT2D eigenvalue weighted by molar-refractivity contribution is 0.376. The highest BCUT2D eigenvalue weighted by Gasteiger charge is 2.26. The van der Waals surface area contributed by atoms with E-state index in [1.54, 1.807) is 0 Å². The number of hydrogen-bond acceptors (Lipinski definition) is 5. The number of nitrogens with zero attached hydrogens (tertiary/aromatic N) is 3. The highest BCUT2D eigenvalue weighted by molar-refractivity contribution is 5.64. The lowest BCUT2D eigenvalue weighted by Crippen LogP contribution is -2.48. The van der Waals surface area contributed by atoms with E-state index in [9.17, 15) is 0 Å². The monoisotopic (exact) mass is 289 g/mol. The minimum absolute atomic E-state index is 0.181. The zero-order valence-corrected chi connectivity index (χ0v) is 13.1. The second-order valence-electron chi connectivity index (χ2n) is 6.07. The van der Waals surface area contributed by atoms with Crippen LogP contribution in [0.15, 0.2) is 4.42 Å². The summed E-state index contributed by atoms with van der Waals surface area (Å²) in [5.74, 6) is 3.85. The van der Waals surface area contributed by atoms with Crippen LogP contribution < -0.4 is 10.6 Å². The summed E-state index contributed by atoms with van der Waals surface area (Å²) in [6.07, 6.45) is 1.08. The lowest BCUT2D eigenvalue weighted by Gasteiger charge is -2.34. The topological polar surface area (TPSA) is 84.0 Å². The predicted molar refractivity (Wildman–Crippen MR) is 82.3 cm³/mol. The lowest BCUT2D eigenvalue weighted by atomic mass is 9.95. The van der Waals surface area contributed by atoms with Crippen LogP contribution in [-0.4, -0.2) is 34.3 Å². The fourth-order valence-corrected chi connectivity index (χ4v) is 2.93. The first kappa shape index (κ1) is 14.1. The molecule has 114 valence electrons. The number of nitrogens with one attached hydrogen (secondary N) is 1. The van der Waals surface area contributed by atoms with Gasteiger partial charge < -0.3 is 15.1 Å². The van der Waals surface area contributed by atoms with Gasteiger partial charge in [0.25, 0.3) is 0 Å². The number of rotatable bonds is 2. The molecule has 2 atom stereocenters. The van der Waals surface area contributed by atoms with E-state index in [0.29, 0.717) is 5.92 Å². The summed E-state index contributed by atoms with van der Waals surface area (Å²) in [5, 5.41) is 7.40. The zero-order chi connectivity index (χ0) is 15.1. The summed E-state index contributed by atoms with van der Waals surface area (Å²) in [5.41, 5.74) is 8.28. The van der Waals surface area contributed by atoms with Crippen LogP contribution in [0.1, 0.15) is 30.4 Å². The van der Waals surface area contributed by atoms with Gasteiger partial charge in [0.1, 0.15) is 11.5 Å². The number of nitrogens with two attached hydrogens (primary N) is 1. The van der Waals surface area contributed by atoms with Crippen LogP contribution in [0.4, 0.5) is 5.95 Å². The van der Waals surface area contributed by atoms with Gasteiger partial charge >= 0.3 is 0 Å². The molecule has 2 aromatic rings. The largest absolute Gasteiger partial charge is 0.466 e. The fraction of sp³-hybridized carbons (Fsp3) is 0.600. The normalized spacial score (nSPS) is 22.8. The van der Waals surface area contributed by atoms with Crippen LogP contribution in [0, 0.1) is 26.7 Å². The minimum atomic E-state index is 0.181. The summed E-state index contributed by atoms with van der Waals surface area (Å²) < 4.78 is 5.66. The van der Waals surface area contributed by atoms with Crippen LogP contribution in [0.25, 0.3) is 11.4 Å². The molecule has 0 amide bonds. The van der Waals surface area contributed by atoms with Gasteiger partial charge in [0.05, 0.1) is 5.56 Å². The van der Waals surface area contributed by atoms with Gasteiger partial charge in [-0.3, -0.25) is 5.10 Å². The molecule has 3 heterocycles. The smallest absolute Gasteiger partial charge is 0.245 e. The molecule has 6 nitrogen and oxygen atoms in total. The van der Waals surface area contributed by atoms with Gasteiger partial charge in [-0.25, -0.2) is 0 Å². The maximum absolute atomic E-state index is 6.15. The van der Waals surface area contributed by atoms with Crippen molar-refractivity contribution in [3.63, 3.8) is 0 Å². The van der Waals surface area contributed by atoms with Crippen molar-refractivity contribution in [2.75, 3.05) is 18.0 Å². The Bertz CT molecular complexity index is 645. The molecule has 1 fully saturated rings. The van der Waals surface area contributed by atoms with E-state index in [2.05, 4.69) is 27.0 Å². The van der Waals surface area contributed by atoms with Crippen molar-refractivity contribution >= 4 is 5.95 Å². The van der Waals surface area contributed by atoms with E-state index in [1.165, 1.54) is 0 Å². The third-order valence-corrected chi connectivity index (χ3v) is 4.57. The van der Waals surface area contributed by atoms with Gasteiger partial charge in [-0.1, -0.05) is 6.92 Å². The number of H-pyrrole nitrogens is 1. The molecule has 1 saturated heterocycles. The van der Waals surface area contributed by atoms with Crippen molar-refractivity contribution in [1.82, 2.24) is 15.2 Å². The molecule has 0 aromatic carbocycles. The molecule has 6 heteroatoms. The van der Waals surface area contributed by atoms with E-state index in [-0.39, 0.29) is 6.04 Å². The molecule has 0 aliphatic carbocycles. The zero-order valence-electron chi connectivity index (χ0n) is 13.1. The molecule has 3 N–H and O–H groups in total. The van der Waals surface area contributed by atoms with Crippen molar-refractivity contribution < 1.29 is 4.42 Å². The highest BCUT2D eigenvalue weighted by Crippen LogP contribution is 2.30. The summed E-state index contributed by atoms with van der Waals surface area (Å²) >= 11 is 0. The molecule has 0 bridgehead atoms. The first-order chi connectivity index (χ1) is 9.97. The predicted octanol–water partition coefficient (Wildman–Crippen LogP) is 2.16. The molecular formula is C15H23N5O. The summed E-state index contributed by atoms with van der Waals surface area (Å²) in [7, 11) is 0. The maximum atomic E-state index is 6.15. The third-order valence-electron chi connectivity index (χ3n) is 4.57. The van der Waals surface area contributed by atoms with Crippen LogP contribution in [0.5, 0.6) is 0 Å². The van der Waals surface area contributed by atoms with Crippen molar-refractivity contribution in [3.05, 3.63) is 17.1 Å². The molecule has 3 rings (SSSR count). The Morgan fingerprint density at radius 2 is 2.05 bits per heavy atom. The maximum Gasteiger partial charge on any atom is 0.245 e. The molecule has 0 spiro atoms.